The molecule has 1 saturated heterocycles. The minimum atomic E-state index is -0.122. The normalized spacial score (nSPS) is 28.5. The molecule has 0 aromatic carbocycles. The number of hydrogen-bond acceptors (Lipinski definition) is 5. The van der Waals surface area contributed by atoms with Crippen molar-refractivity contribution in [3.8, 4) is 0 Å². The van der Waals surface area contributed by atoms with E-state index in [9.17, 15) is 5.11 Å². The molecule has 0 amide bonds. The minimum absolute atomic E-state index is 0.122. The predicted octanol–water partition coefficient (Wildman–Crippen LogP) is 1.96. The highest BCUT2D eigenvalue weighted by Gasteiger charge is 2.31. The summed E-state index contributed by atoms with van der Waals surface area (Å²) in [6.45, 7) is 4.12. The summed E-state index contributed by atoms with van der Waals surface area (Å²) in [5.74, 6) is 0.733. The van der Waals surface area contributed by atoms with E-state index < -0.39 is 0 Å². The first-order chi connectivity index (χ1) is 10.2. The number of likely N-dealkylation sites (tertiary alicyclic amines) is 1. The van der Waals surface area contributed by atoms with Crippen LogP contribution < -0.4 is 5.32 Å². The molecule has 3 rings (SSSR count). The molecule has 21 heavy (non-hydrogen) atoms. The maximum atomic E-state index is 10.2. The summed E-state index contributed by atoms with van der Waals surface area (Å²) >= 11 is 0. The molecule has 1 aromatic rings. The quantitative estimate of drug-likeness (QED) is 0.891. The number of aliphatic hydroxyl groups is 1. The Morgan fingerprint density at radius 1 is 1.10 bits per heavy atom. The van der Waals surface area contributed by atoms with Gasteiger partial charge < -0.3 is 10.4 Å². The van der Waals surface area contributed by atoms with Gasteiger partial charge in [-0.2, -0.15) is 0 Å². The van der Waals surface area contributed by atoms with Crippen molar-refractivity contribution in [3.05, 3.63) is 18.0 Å². The van der Waals surface area contributed by atoms with Crippen molar-refractivity contribution >= 4 is 5.95 Å². The van der Waals surface area contributed by atoms with Crippen LogP contribution in [0.25, 0.3) is 0 Å². The van der Waals surface area contributed by atoms with Crippen molar-refractivity contribution in [1.82, 2.24) is 14.9 Å². The highest BCUT2D eigenvalue weighted by atomic mass is 16.3. The molecule has 1 aliphatic heterocycles. The molecule has 116 valence electrons. The van der Waals surface area contributed by atoms with Gasteiger partial charge in [0.2, 0.25) is 5.95 Å². The van der Waals surface area contributed by atoms with Gasteiger partial charge in [-0.25, -0.2) is 9.97 Å². The molecule has 0 bridgehead atoms. The van der Waals surface area contributed by atoms with Gasteiger partial charge in [-0.3, -0.25) is 4.90 Å². The summed E-state index contributed by atoms with van der Waals surface area (Å²) in [6, 6.07) is 0.833. The van der Waals surface area contributed by atoms with Crippen LogP contribution in [0, 0.1) is 6.92 Å². The minimum Gasteiger partial charge on any atom is -0.391 e. The van der Waals surface area contributed by atoms with Crippen molar-refractivity contribution < 1.29 is 5.11 Å². The maximum absolute atomic E-state index is 10.2. The van der Waals surface area contributed by atoms with Crippen LogP contribution in [0.15, 0.2) is 12.4 Å². The molecule has 2 N–H and O–H groups in total. The third-order valence-corrected chi connectivity index (χ3v) is 4.81. The summed E-state index contributed by atoms with van der Waals surface area (Å²) in [4.78, 5) is 11.1. The molecular formula is C16H26N4O. The van der Waals surface area contributed by atoms with Crippen molar-refractivity contribution in [2.24, 2.45) is 0 Å². The summed E-state index contributed by atoms with van der Waals surface area (Å²) in [5, 5.41) is 13.6. The number of hydrogen-bond donors (Lipinski definition) is 2. The van der Waals surface area contributed by atoms with Crippen LogP contribution in [0.3, 0.4) is 0 Å². The van der Waals surface area contributed by atoms with Crippen LogP contribution in [-0.2, 0) is 0 Å². The molecule has 5 heteroatoms. The zero-order valence-electron chi connectivity index (χ0n) is 12.8. The number of nitrogens with one attached hydrogen (secondary N) is 1. The number of aliphatic hydroxyl groups excluding tert-OH is 1. The molecule has 5 nitrogen and oxygen atoms in total. The topological polar surface area (TPSA) is 61.3 Å². The Morgan fingerprint density at radius 3 is 2.43 bits per heavy atom. The molecule has 2 aliphatic rings. The van der Waals surface area contributed by atoms with Crippen molar-refractivity contribution in [1.29, 1.82) is 0 Å². The van der Waals surface area contributed by atoms with Gasteiger partial charge >= 0.3 is 0 Å². The SMILES string of the molecule is Cc1cnc(NC2CCN(C3CCCCC3O)CC2)nc1. The third-order valence-electron chi connectivity index (χ3n) is 4.81. The summed E-state index contributed by atoms with van der Waals surface area (Å²) in [5.41, 5.74) is 1.08. The van der Waals surface area contributed by atoms with E-state index in [4.69, 9.17) is 0 Å². The summed E-state index contributed by atoms with van der Waals surface area (Å²) in [6.07, 6.45) is 10.3. The first kappa shape index (κ1) is 14.7. The van der Waals surface area contributed by atoms with Gasteiger partial charge in [0.15, 0.2) is 0 Å². The van der Waals surface area contributed by atoms with Gasteiger partial charge in [0.1, 0.15) is 0 Å². The lowest BCUT2D eigenvalue weighted by atomic mass is 9.89. The van der Waals surface area contributed by atoms with E-state index in [1.807, 2.05) is 19.3 Å². The zero-order chi connectivity index (χ0) is 14.7. The Hall–Kier alpha value is -1.20. The van der Waals surface area contributed by atoms with Gasteiger partial charge in [0.25, 0.3) is 0 Å². The van der Waals surface area contributed by atoms with Gasteiger partial charge in [-0.1, -0.05) is 12.8 Å². The summed E-state index contributed by atoms with van der Waals surface area (Å²) in [7, 11) is 0. The molecule has 2 atom stereocenters. The molecule has 0 radical (unpaired) electrons. The second-order valence-electron chi connectivity index (χ2n) is 6.46. The monoisotopic (exact) mass is 290 g/mol. The van der Waals surface area contributed by atoms with Crippen LogP contribution >= 0.6 is 0 Å². The number of aryl methyl sites for hydroxylation is 1. The Labute approximate surface area is 126 Å². The number of rotatable bonds is 3. The van der Waals surface area contributed by atoms with Gasteiger partial charge in [-0.05, 0) is 38.2 Å². The molecule has 2 unspecified atom stereocenters. The Morgan fingerprint density at radius 2 is 1.76 bits per heavy atom. The highest BCUT2D eigenvalue weighted by molar-refractivity contribution is 5.26. The fraction of sp³-hybridized carbons (Fsp3) is 0.750. The fourth-order valence-electron chi connectivity index (χ4n) is 3.54. The Bertz CT molecular complexity index is 442. The maximum Gasteiger partial charge on any atom is 0.222 e. The predicted molar refractivity (Wildman–Crippen MR) is 83.2 cm³/mol. The van der Waals surface area contributed by atoms with Gasteiger partial charge in [-0.15, -0.1) is 0 Å². The van der Waals surface area contributed by atoms with E-state index in [1.165, 1.54) is 12.8 Å². The molecular weight excluding hydrogens is 264 g/mol. The number of anilines is 1. The number of aromatic nitrogens is 2. The third kappa shape index (κ3) is 3.71. The van der Waals surface area contributed by atoms with Crippen LogP contribution in [0.1, 0.15) is 44.1 Å². The lowest BCUT2D eigenvalue weighted by Crippen LogP contribution is -2.50. The van der Waals surface area contributed by atoms with Gasteiger partial charge in [0, 0.05) is 37.6 Å². The molecule has 1 aromatic heterocycles. The van der Waals surface area contributed by atoms with Crippen molar-refractivity contribution in [3.63, 3.8) is 0 Å². The van der Waals surface area contributed by atoms with Crippen LogP contribution in [-0.4, -0.2) is 51.3 Å². The summed E-state index contributed by atoms with van der Waals surface area (Å²) < 4.78 is 0. The van der Waals surface area contributed by atoms with E-state index in [0.29, 0.717) is 12.1 Å². The molecule has 2 heterocycles. The Kier molecular flexibility index (Phi) is 4.70. The van der Waals surface area contributed by atoms with Crippen LogP contribution in [0.2, 0.25) is 0 Å². The Balaban J connectivity index is 1.49. The fourth-order valence-corrected chi connectivity index (χ4v) is 3.54. The standard InChI is InChI=1S/C16H26N4O/c1-12-10-17-16(18-11-12)19-13-6-8-20(9-7-13)14-4-2-3-5-15(14)21/h10-11,13-15,21H,2-9H2,1H3,(H,17,18,19). The first-order valence-corrected chi connectivity index (χ1v) is 8.19. The second-order valence-corrected chi connectivity index (χ2v) is 6.46. The van der Waals surface area contributed by atoms with E-state index >= 15 is 0 Å². The van der Waals surface area contributed by atoms with Gasteiger partial charge in [0.05, 0.1) is 6.10 Å². The van der Waals surface area contributed by atoms with E-state index in [0.717, 1.165) is 50.3 Å². The smallest absolute Gasteiger partial charge is 0.222 e. The van der Waals surface area contributed by atoms with Crippen molar-refractivity contribution in [2.45, 2.75) is 63.6 Å². The second kappa shape index (κ2) is 6.71. The number of nitrogens with zero attached hydrogens (tertiary/aromatic N) is 3. The molecule has 1 aliphatic carbocycles. The lowest BCUT2D eigenvalue weighted by Gasteiger charge is -2.41. The van der Waals surface area contributed by atoms with Crippen LogP contribution in [0.5, 0.6) is 0 Å². The highest BCUT2D eigenvalue weighted by Crippen LogP contribution is 2.26. The molecule has 0 spiro atoms. The average molecular weight is 290 g/mol. The van der Waals surface area contributed by atoms with Crippen molar-refractivity contribution in [2.75, 3.05) is 18.4 Å². The number of piperidine rings is 1. The average Bonchev–Trinajstić information content (AvgIpc) is 2.51. The van der Waals surface area contributed by atoms with E-state index in [2.05, 4.69) is 20.2 Å². The largest absolute Gasteiger partial charge is 0.391 e. The molecule has 2 fully saturated rings. The first-order valence-electron chi connectivity index (χ1n) is 8.19. The zero-order valence-corrected chi connectivity index (χ0v) is 12.8. The van der Waals surface area contributed by atoms with Crippen LogP contribution in [0.4, 0.5) is 5.95 Å². The van der Waals surface area contributed by atoms with E-state index in [1.54, 1.807) is 0 Å². The lowest BCUT2D eigenvalue weighted by molar-refractivity contribution is 0.00991. The molecule has 1 saturated carbocycles. The van der Waals surface area contributed by atoms with E-state index in [-0.39, 0.29) is 6.10 Å².